The molecule has 6 heteroatoms. The lowest BCUT2D eigenvalue weighted by Crippen LogP contribution is -2.14. The highest BCUT2D eigenvalue weighted by atomic mass is 32.1. The Balaban J connectivity index is 1.60. The smallest absolute Gasteiger partial charge is 0.298 e. The zero-order valence-electron chi connectivity index (χ0n) is 17.6. The number of ether oxygens (including phenoxy) is 1. The number of benzene rings is 2. The molecule has 0 bridgehead atoms. The fourth-order valence-electron chi connectivity index (χ4n) is 2.84. The van der Waals surface area contributed by atoms with Crippen LogP contribution in [0.2, 0.25) is 0 Å². The van der Waals surface area contributed by atoms with E-state index in [4.69, 9.17) is 4.74 Å². The quantitative estimate of drug-likeness (QED) is 0.335. The third-order valence-electron chi connectivity index (χ3n) is 4.74. The largest absolute Gasteiger partial charge is 0.430 e. The van der Waals surface area contributed by atoms with Crippen molar-refractivity contribution in [3.8, 4) is 10.9 Å². The third-order valence-corrected chi connectivity index (χ3v) is 5.37. The minimum atomic E-state index is 0.587. The van der Waals surface area contributed by atoms with Gasteiger partial charge in [0.05, 0.1) is 12.0 Å². The van der Waals surface area contributed by atoms with Gasteiger partial charge in [-0.15, -0.1) is 0 Å². The van der Waals surface area contributed by atoms with Crippen LogP contribution in [-0.4, -0.2) is 34.2 Å². The van der Waals surface area contributed by atoms with Crippen LogP contribution in [0.4, 0.5) is 5.69 Å². The summed E-state index contributed by atoms with van der Waals surface area (Å²) in [5.41, 5.74) is 4.40. The summed E-state index contributed by atoms with van der Waals surface area (Å²) >= 11 is 1.31. The first-order valence-electron chi connectivity index (χ1n) is 9.95. The average Bonchev–Trinajstić information content (AvgIpc) is 3.17. The SMILES string of the molecule is CCN(C)C=Nc1cc(C)c(Oc2nc(CCCc3ccccc3)ns2)cc1C. The van der Waals surface area contributed by atoms with Crippen molar-refractivity contribution in [2.75, 3.05) is 13.6 Å². The second-order valence-corrected chi connectivity index (χ2v) is 7.85. The lowest BCUT2D eigenvalue weighted by atomic mass is 10.1. The molecule has 2 aromatic carbocycles. The highest BCUT2D eigenvalue weighted by Gasteiger charge is 2.10. The minimum absolute atomic E-state index is 0.587. The summed E-state index contributed by atoms with van der Waals surface area (Å²) in [6.07, 6.45) is 4.76. The first-order chi connectivity index (χ1) is 14.0. The normalized spacial score (nSPS) is 11.2. The van der Waals surface area contributed by atoms with Crippen molar-refractivity contribution in [2.45, 2.75) is 40.0 Å². The van der Waals surface area contributed by atoms with E-state index in [0.29, 0.717) is 5.19 Å². The standard InChI is InChI=1S/C23H28N4OS/c1-5-27(4)16-24-20-14-18(3)21(15-17(20)2)28-23-25-22(26-29-23)13-9-12-19-10-7-6-8-11-19/h6-8,10-11,14-16H,5,9,12-13H2,1-4H3. The molecule has 0 radical (unpaired) electrons. The van der Waals surface area contributed by atoms with E-state index in [9.17, 15) is 0 Å². The number of aliphatic imine (C=N–C) groups is 1. The summed E-state index contributed by atoms with van der Waals surface area (Å²) in [5.74, 6) is 1.65. The first kappa shape index (κ1) is 21.0. The fraction of sp³-hybridized carbons (Fsp3) is 0.348. The van der Waals surface area contributed by atoms with Crippen molar-refractivity contribution in [3.05, 3.63) is 65.0 Å². The lowest BCUT2D eigenvalue weighted by Gasteiger charge is -2.11. The second-order valence-electron chi connectivity index (χ2n) is 7.14. The molecule has 0 aliphatic rings. The third kappa shape index (κ3) is 6.12. The van der Waals surface area contributed by atoms with Crippen LogP contribution in [0.3, 0.4) is 0 Å². The molecule has 0 saturated carbocycles. The number of hydrogen-bond donors (Lipinski definition) is 0. The molecule has 0 unspecified atom stereocenters. The molecule has 0 atom stereocenters. The fourth-order valence-corrected chi connectivity index (χ4v) is 3.43. The Hall–Kier alpha value is -2.73. The van der Waals surface area contributed by atoms with Crippen LogP contribution in [0.25, 0.3) is 0 Å². The Morgan fingerprint density at radius 3 is 2.66 bits per heavy atom. The van der Waals surface area contributed by atoms with E-state index in [0.717, 1.165) is 54.2 Å². The van der Waals surface area contributed by atoms with Gasteiger partial charge in [-0.05, 0) is 62.4 Å². The van der Waals surface area contributed by atoms with Crippen molar-refractivity contribution in [3.63, 3.8) is 0 Å². The van der Waals surface area contributed by atoms with Crippen molar-refractivity contribution in [1.29, 1.82) is 0 Å². The van der Waals surface area contributed by atoms with Gasteiger partial charge >= 0.3 is 0 Å². The van der Waals surface area contributed by atoms with Crippen LogP contribution in [-0.2, 0) is 12.8 Å². The van der Waals surface area contributed by atoms with E-state index in [2.05, 4.69) is 45.5 Å². The molecule has 152 valence electrons. The van der Waals surface area contributed by atoms with Gasteiger partial charge in [-0.1, -0.05) is 30.3 Å². The van der Waals surface area contributed by atoms with E-state index in [1.807, 2.05) is 50.3 Å². The van der Waals surface area contributed by atoms with E-state index < -0.39 is 0 Å². The van der Waals surface area contributed by atoms with E-state index in [-0.39, 0.29) is 0 Å². The van der Waals surface area contributed by atoms with Crippen LogP contribution in [0.15, 0.2) is 47.5 Å². The van der Waals surface area contributed by atoms with Gasteiger partial charge in [-0.2, -0.15) is 9.36 Å². The number of rotatable bonds is 9. The lowest BCUT2D eigenvalue weighted by molar-refractivity contribution is 0.473. The van der Waals surface area contributed by atoms with Gasteiger partial charge in [0.2, 0.25) is 0 Å². The van der Waals surface area contributed by atoms with Crippen molar-refractivity contribution >= 4 is 23.6 Å². The monoisotopic (exact) mass is 408 g/mol. The van der Waals surface area contributed by atoms with Gasteiger partial charge in [0.15, 0.2) is 0 Å². The topological polar surface area (TPSA) is 50.6 Å². The molecule has 0 saturated heterocycles. The molecule has 5 nitrogen and oxygen atoms in total. The summed E-state index contributed by atoms with van der Waals surface area (Å²) < 4.78 is 10.5. The number of aromatic nitrogens is 2. The van der Waals surface area contributed by atoms with E-state index in [1.165, 1.54) is 17.1 Å². The zero-order valence-corrected chi connectivity index (χ0v) is 18.4. The van der Waals surface area contributed by atoms with E-state index in [1.54, 1.807) is 0 Å². The minimum Gasteiger partial charge on any atom is -0.430 e. The van der Waals surface area contributed by atoms with Crippen molar-refractivity contribution in [2.24, 2.45) is 4.99 Å². The van der Waals surface area contributed by atoms with Gasteiger partial charge in [0.1, 0.15) is 11.6 Å². The summed E-state index contributed by atoms with van der Waals surface area (Å²) in [6, 6.07) is 14.6. The summed E-state index contributed by atoms with van der Waals surface area (Å²) in [6.45, 7) is 7.09. The Bertz CT molecular complexity index is 953. The molecule has 1 heterocycles. The van der Waals surface area contributed by atoms with Gasteiger partial charge < -0.3 is 9.64 Å². The molecule has 29 heavy (non-hydrogen) atoms. The van der Waals surface area contributed by atoms with Crippen molar-refractivity contribution < 1.29 is 4.74 Å². The van der Waals surface area contributed by atoms with Crippen LogP contribution < -0.4 is 4.74 Å². The number of hydrogen-bond acceptors (Lipinski definition) is 5. The Labute approximate surface area is 177 Å². The molecule has 0 spiro atoms. The molecule has 1 aromatic heterocycles. The Morgan fingerprint density at radius 1 is 1.10 bits per heavy atom. The molecule has 0 N–H and O–H groups in total. The predicted octanol–water partition coefficient (Wildman–Crippen LogP) is 5.73. The first-order valence-corrected chi connectivity index (χ1v) is 10.7. The van der Waals surface area contributed by atoms with Gasteiger partial charge in [0, 0.05) is 31.5 Å². The molecule has 0 aliphatic carbocycles. The van der Waals surface area contributed by atoms with E-state index >= 15 is 0 Å². The molecular formula is C23H28N4OS. The Kier molecular flexibility index (Phi) is 7.36. The summed E-state index contributed by atoms with van der Waals surface area (Å²) in [7, 11) is 2.01. The number of aryl methyl sites for hydroxylation is 4. The molecule has 3 rings (SSSR count). The van der Waals surface area contributed by atoms with Crippen LogP contribution in [0.1, 0.15) is 35.9 Å². The zero-order chi connectivity index (χ0) is 20.6. The Morgan fingerprint density at radius 2 is 1.90 bits per heavy atom. The summed E-state index contributed by atoms with van der Waals surface area (Å²) in [5, 5.41) is 0.587. The van der Waals surface area contributed by atoms with Crippen molar-refractivity contribution in [1.82, 2.24) is 14.3 Å². The van der Waals surface area contributed by atoms with Gasteiger partial charge in [-0.25, -0.2) is 4.99 Å². The molecule has 0 aliphatic heterocycles. The number of nitrogens with zero attached hydrogens (tertiary/aromatic N) is 4. The highest BCUT2D eigenvalue weighted by molar-refractivity contribution is 7.07. The van der Waals surface area contributed by atoms with Crippen LogP contribution in [0.5, 0.6) is 10.9 Å². The predicted molar refractivity (Wildman–Crippen MR) is 121 cm³/mol. The van der Waals surface area contributed by atoms with Crippen LogP contribution >= 0.6 is 11.5 Å². The van der Waals surface area contributed by atoms with Gasteiger partial charge in [-0.3, -0.25) is 0 Å². The highest BCUT2D eigenvalue weighted by Crippen LogP contribution is 2.32. The molecular weight excluding hydrogens is 380 g/mol. The molecule has 3 aromatic rings. The average molecular weight is 409 g/mol. The maximum atomic E-state index is 6.02. The molecule has 0 amide bonds. The second kappa shape index (κ2) is 10.2. The van der Waals surface area contributed by atoms with Crippen LogP contribution in [0, 0.1) is 13.8 Å². The maximum Gasteiger partial charge on any atom is 0.298 e. The maximum absolute atomic E-state index is 6.02. The summed E-state index contributed by atoms with van der Waals surface area (Å²) in [4.78, 5) is 11.2. The van der Waals surface area contributed by atoms with Gasteiger partial charge in [0.25, 0.3) is 5.19 Å². The molecule has 0 fully saturated rings.